The average Bonchev–Trinajstić information content (AvgIpc) is 3.26. The molecule has 0 spiro atoms. The van der Waals surface area contributed by atoms with Crippen molar-refractivity contribution in [3.8, 4) is 23.0 Å². The Morgan fingerprint density at radius 2 is 2.04 bits per heavy atom. The summed E-state index contributed by atoms with van der Waals surface area (Å²) in [6.45, 7) is 1.78. The van der Waals surface area contributed by atoms with E-state index < -0.39 is 0 Å². The van der Waals surface area contributed by atoms with Crippen molar-refractivity contribution in [1.29, 1.82) is 0 Å². The lowest BCUT2D eigenvalue weighted by atomic mass is 10.2. The number of aromatic nitrogens is 4. The Morgan fingerprint density at radius 3 is 2.70 bits per heavy atom. The number of ether oxygens (including phenoxy) is 1. The van der Waals surface area contributed by atoms with E-state index in [1.54, 1.807) is 18.1 Å². The van der Waals surface area contributed by atoms with Crippen molar-refractivity contribution in [2.24, 2.45) is 7.05 Å². The molecule has 0 radical (unpaired) electrons. The summed E-state index contributed by atoms with van der Waals surface area (Å²) in [5, 5.41) is 6.89. The number of carbonyl (C=O) groups is 2. The van der Waals surface area contributed by atoms with Gasteiger partial charge in [-0.05, 0) is 25.1 Å². The number of rotatable bonds is 2. The van der Waals surface area contributed by atoms with Crippen molar-refractivity contribution in [3.63, 3.8) is 0 Å². The summed E-state index contributed by atoms with van der Waals surface area (Å²) >= 11 is 0. The maximum atomic E-state index is 11.9. The lowest BCUT2D eigenvalue weighted by Gasteiger charge is -2.26. The van der Waals surface area contributed by atoms with E-state index in [0.717, 1.165) is 28.7 Å². The first-order valence-electron chi connectivity index (χ1n) is 8.11. The zero-order valence-corrected chi connectivity index (χ0v) is 15.2. The van der Waals surface area contributed by atoms with Crippen LogP contribution in [0.25, 0.3) is 17.2 Å². The molecule has 0 aliphatic carbocycles. The van der Waals surface area contributed by atoms with Crippen LogP contribution in [0, 0.1) is 6.92 Å². The molecule has 0 bridgehead atoms. The Hall–Kier alpha value is -3.62. The van der Waals surface area contributed by atoms with Crippen molar-refractivity contribution in [3.05, 3.63) is 42.6 Å². The third kappa shape index (κ3) is 3.39. The smallest absolute Gasteiger partial charge is 0.290 e. The van der Waals surface area contributed by atoms with Crippen LogP contribution in [0.4, 0.5) is 5.69 Å². The van der Waals surface area contributed by atoms with Crippen LogP contribution in [0.3, 0.4) is 0 Å². The summed E-state index contributed by atoms with van der Waals surface area (Å²) in [6, 6.07) is 5.75. The van der Waals surface area contributed by atoms with E-state index in [-0.39, 0.29) is 19.0 Å². The van der Waals surface area contributed by atoms with Crippen LogP contribution in [-0.4, -0.2) is 50.2 Å². The molecule has 1 N–H and O–H groups in total. The number of aryl methyl sites for hydroxylation is 2. The van der Waals surface area contributed by atoms with Crippen LogP contribution >= 0.6 is 0 Å². The second kappa shape index (κ2) is 7.32. The van der Waals surface area contributed by atoms with E-state index in [2.05, 4.69) is 9.97 Å². The summed E-state index contributed by atoms with van der Waals surface area (Å²) < 4.78 is 9.39. The van der Waals surface area contributed by atoms with Gasteiger partial charge in [0.2, 0.25) is 0 Å². The Morgan fingerprint density at radius 1 is 1.30 bits per heavy atom. The molecule has 9 heteroatoms. The van der Waals surface area contributed by atoms with Crippen LogP contribution in [0.1, 0.15) is 5.82 Å². The van der Waals surface area contributed by atoms with Crippen molar-refractivity contribution >= 4 is 18.1 Å². The van der Waals surface area contributed by atoms with E-state index in [4.69, 9.17) is 14.6 Å². The minimum absolute atomic E-state index is 0.0640. The molecule has 3 aromatic rings. The molecule has 1 aliphatic rings. The molecule has 0 unspecified atom stereocenters. The molecule has 1 aliphatic heterocycles. The molecule has 140 valence electrons. The molecular weight excluding hydrogens is 350 g/mol. The highest BCUT2D eigenvalue weighted by Crippen LogP contribution is 2.34. The van der Waals surface area contributed by atoms with E-state index in [9.17, 15) is 4.79 Å². The highest BCUT2D eigenvalue weighted by Gasteiger charge is 2.23. The number of carbonyl (C=O) groups excluding carboxylic acids is 1. The summed E-state index contributed by atoms with van der Waals surface area (Å²) in [6.07, 6.45) is 5.57. The fourth-order valence-corrected chi connectivity index (χ4v) is 2.78. The van der Waals surface area contributed by atoms with Gasteiger partial charge in [0.1, 0.15) is 17.3 Å². The highest BCUT2D eigenvalue weighted by molar-refractivity contribution is 5.97. The number of likely N-dealkylation sites (N-methyl/N-ethyl adjacent to an activating group) is 1. The van der Waals surface area contributed by atoms with Gasteiger partial charge in [-0.1, -0.05) is 0 Å². The van der Waals surface area contributed by atoms with Gasteiger partial charge in [0.25, 0.3) is 12.4 Å². The third-order valence-corrected chi connectivity index (χ3v) is 4.29. The molecule has 9 nitrogen and oxygen atoms in total. The van der Waals surface area contributed by atoms with Crippen LogP contribution < -0.4 is 9.64 Å². The number of hydrogen-bond donors (Lipinski definition) is 1. The first kappa shape index (κ1) is 18.2. The number of hydrogen-bond acceptors (Lipinski definition) is 5. The van der Waals surface area contributed by atoms with Gasteiger partial charge >= 0.3 is 0 Å². The first-order valence-corrected chi connectivity index (χ1v) is 8.11. The molecule has 1 amide bonds. The van der Waals surface area contributed by atoms with Crippen molar-refractivity contribution in [1.82, 2.24) is 19.1 Å². The molecule has 0 atom stereocenters. The maximum Gasteiger partial charge on any atom is 0.290 e. The van der Waals surface area contributed by atoms with Gasteiger partial charge < -0.3 is 19.3 Å². The molecular formula is C18H19N5O4. The predicted octanol–water partition coefficient (Wildman–Crippen LogP) is 1.64. The second-order valence-corrected chi connectivity index (χ2v) is 5.90. The zero-order chi connectivity index (χ0) is 19.6. The minimum atomic E-state index is -0.250. The van der Waals surface area contributed by atoms with Crippen molar-refractivity contribution in [2.75, 3.05) is 18.6 Å². The summed E-state index contributed by atoms with van der Waals surface area (Å²) in [7, 11) is 3.71. The zero-order valence-electron chi connectivity index (χ0n) is 15.2. The van der Waals surface area contributed by atoms with Gasteiger partial charge in [-0.25, -0.2) is 9.97 Å². The lowest BCUT2D eigenvalue weighted by molar-refractivity contribution is -0.123. The van der Waals surface area contributed by atoms with E-state index in [1.807, 2.05) is 53.7 Å². The highest BCUT2D eigenvalue weighted by atomic mass is 16.5. The third-order valence-electron chi connectivity index (χ3n) is 4.29. The maximum absolute atomic E-state index is 11.9. The standard InChI is InChI=1S/C17H17N5O2.CH2O2/c1-11-19-13(9-20(11)2)17-18-6-7-22(17)12-4-5-15-14(8-12)21(3)16(23)10-24-15;2-1-3/h4-9H,10H2,1-3H3;1H,(H,2,3). The Kier molecular flexibility index (Phi) is 4.93. The molecule has 4 rings (SSSR count). The van der Waals surface area contributed by atoms with Crippen molar-refractivity contribution in [2.45, 2.75) is 6.92 Å². The molecule has 3 heterocycles. The van der Waals surface area contributed by atoms with E-state index in [1.165, 1.54) is 0 Å². The number of amides is 1. The van der Waals surface area contributed by atoms with Gasteiger partial charge in [-0.2, -0.15) is 0 Å². The number of imidazole rings is 2. The monoisotopic (exact) mass is 369 g/mol. The number of anilines is 1. The summed E-state index contributed by atoms with van der Waals surface area (Å²) in [5.74, 6) is 2.31. The molecule has 1 aromatic carbocycles. The molecule has 0 saturated heterocycles. The Balaban J connectivity index is 0.000000659. The largest absolute Gasteiger partial charge is 0.483 e. The quantitative estimate of drug-likeness (QED) is 0.689. The van der Waals surface area contributed by atoms with Crippen LogP contribution in [0.5, 0.6) is 5.75 Å². The number of benzene rings is 1. The SMILES string of the molecule is Cc1nc(-c2nccn2-c2ccc3c(c2)N(C)C(=O)CO3)cn1C.O=CO. The number of carboxylic acid groups (broad SMARTS) is 1. The predicted molar refractivity (Wildman–Crippen MR) is 98.1 cm³/mol. The fourth-order valence-electron chi connectivity index (χ4n) is 2.78. The molecule has 2 aromatic heterocycles. The molecule has 27 heavy (non-hydrogen) atoms. The lowest BCUT2D eigenvalue weighted by Crippen LogP contribution is -2.35. The van der Waals surface area contributed by atoms with Gasteiger partial charge in [-0.15, -0.1) is 0 Å². The van der Waals surface area contributed by atoms with Crippen molar-refractivity contribution < 1.29 is 19.4 Å². The Bertz CT molecular complexity index is 972. The Labute approximate surface area is 155 Å². The summed E-state index contributed by atoms with van der Waals surface area (Å²) in [5.41, 5.74) is 2.45. The first-order chi connectivity index (χ1) is 13.0. The van der Waals surface area contributed by atoms with Crippen LogP contribution in [-0.2, 0) is 16.6 Å². The summed E-state index contributed by atoms with van der Waals surface area (Å²) in [4.78, 5) is 30.8. The topological polar surface area (TPSA) is 102 Å². The molecule has 0 fully saturated rings. The molecule has 0 saturated carbocycles. The van der Waals surface area contributed by atoms with E-state index in [0.29, 0.717) is 5.75 Å². The second-order valence-electron chi connectivity index (χ2n) is 5.90. The van der Waals surface area contributed by atoms with Gasteiger partial charge in [0.15, 0.2) is 12.4 Å². The van der Waals surface area contributed by atoms with Gasteiger partial charge in [0.05, 0.1) is 5.69 Å². The average molecular weight is 369 g/mol. The number of fused-ring (bicyclic) bond motifs is 1. The fraction of sp³-hybridized carbons (Fsp3) is 0.222. The van der Waals surface area contributed by atoms with Crippen LogP contribution in [0.15, 0.2) is 36.8 Å². The van der Waals surface area contributed by atoms with Gasteiger partial charge in [0, 0.05) is 38.4 Å². The van der Waals surface area contributed by atoms with Crippen LogP contribution in [0.2, 0.25) is 0 Å². The van der Waals surface area contributed by atoms with Gasteiger partial charge in [-0.3, -0.25) is 14.2 Å². The van der Waals surface area contributed by atoms with E-state index >= 15 is 0 Å². The number of nitrogens with zero attached hydrogens (tertiary/aromatic N) is 5. The minimum Gasteiger partial charge on any atom is -0.483 e. The normalized spacial score (nSPS) is 12.7.